The minimum atomic E-state index is -0.468. The fourth-order valence-corrected chi connectivity index (χ4v) is 2.50. The molecule has 0 atom stereocenters. The summed E-state index contributed by atoms with van der Waals surface area (Å²) in [5.74, 6) is 2.91. The predicted octanol–water partition coefficient (Wildman–Crippen LogP) is 2.92. The van der Waals surface area contributed by atoms with E-state index < -0.39 is 5.41 Å². The average Bonchev–Trinajstić information content (AvgIpc) is 3.21. The minimum Gasteiger partial charge on any atom is -0.468 e. The fourth-order valence-electron chi connectivity index (χ4n) is 2.10. The summed E-state index contributed by atoms with van der Waals surface area (Å²) in [5.41, 5.74) is 7.87. The summed E-state index contributed by atoms with van der Waals surface area (Å²) in [7, 11) is 1.43. The molecule has 0 unspecified atom stereocenters. The quantitative estimate of drug-likeness (QED) is 0.528. The van der Waals surface area contributed by atoms with Gasteiger partial charge in [0.25, 0.3) is 0 Å². The molecule has 106 valence electrons. The van der Waals surface area contributed by atoms with E-state index in [1.807, 2.05) is 18.2 Å². The van der Waals surface area contributed by atoms with Crippen molar-refractivity contribution in [1.82, 2.24) is 0 Å². The number of benzene rings is 1. The zero-order valence-electron chi connectivity index (χ0n) is 12.0. The van der Waals surface area contributed by atoms with Crippen molar-refractivity contribution in [2.45, 2.75) is 37.4 Å². The molecular weight excluding hydrogens is 270 g/mol. The standard InChI is InChI=1S/C16H19NO2S/c1-11(2)20-9-6-12-10-13(4-5-14(12)17)16(7-8-16)15(18)19-3/h4-5,10-11H,7-8,17H2,1-3H3. The van der Waals surface area contributed by atoms with Gasteiger partial charge < -0.3 is 10.5 Å². The molecule has 2 rings (SSSR count). The van der Waals surface area contributed by atoms with E-state index in [2.05, 4.69) is 25.0 Å². The van der Waals surface area contributed by atoms with E-state index >= 15 is 0 Å². The van der Waals surface area contributed by atoms with Gasteiger partial charge in [0, 0.05) is 16.5 Å². The molecular formula is C16H19NO2S. The van der Waals surface area contributed by atoms with Gasteiger partial charge in [-0.1, -0.05) is 37.6 Å². The molecule has 3 nitrogen and oxygen atoms in total. The average molecular weight is 289 g/mol. The Labute approximate surface area is 124 Å². The van der Waals surface area contributed by atoms with Gasteiger partial charge in [-0.25, -0.2) is 0 Å². The van der Waals surface area contributed by atoms with Crippen LogP contribution in [0.5, 0.6) is 0 Å². The number of nitrogens with two attached hydrogens (primary N) is 1. The van der Waals surface area contributed by atoms with Gasteiger partial charge in [-0.3, -0.25) is 4.79 Å². The number of hydrogen-bond donors (Lipinski definition) is 1. The number of nitrogen functional groups attached to an aromatic ring is 1. The molecule has 0 amide bonds. The molecule has 0 heterocycles. The van der Waals surface area contributed by atoms with Crippen molar-refractivity contribution in [3.63, 3.8) is 0 Å². The molecule has 0 saturated heterocycles. The van der Waals surface area contributed by atoms with Crippen molar-refractivity contribution in [3.8, 4) is 11.2 Å². The molecule has 0 radical (unpaired) electrons. The maximum atomic E-state index is 11.9. The number of carbonyl (C=O) groups excluding carboxylic acids is 1. The van der Waals surface area contributed by atoms with E-state index in [1.54, 1.807) is 11.8 Å². The van der Waals surface area contributed by atoms with Crippen LogP contribution in [0.4, 0.5) is 5.69 Å². The number of anilines is 1. The minimum absolute atomic E-state index is 0.169. The number of methoxy groups -OCH3 is 1. The van der Waals surface area contributed by atoms with Crippen molar-refractivity contribution in [3.05, 3.63) is 29.3 Å². The van der Waals surface area contributed by atoms with Crippen molar-refractivity contribution in [2.24, 2.45) is 0 Å². The Kier molecular flexibility index (Phi) is 4.29. The van der Waals surface area contributed by atoms with Crippen LogP contribution in [0.3, 0.4) is 0 Å². The predicted molar refractivity (Wildman–Crippen MR) is 83.4 cm³/mol. The normalized spacial score (nSPS) is 15.4. The van der Waals surface area contributed by atoms with Crippen LogP contribution in [0.25, 0.3) is 0 Å². The highest BCUT2D eigenvalue weighted by Crippen LogP contribution is 2.49. The Morgan fingerprint density at radius 1 is 1.45 bits per heavy atom. The topological polar surface area (TPSA) is 52.3 Å². The van der Waals surface area contributed by atoms with Crippen molar-refractivity contribution in [1.29, 1.82) is 0 Å². The van der Waals surface area contributed by atoms with Crippen LogP contribution in [0.2, 0.25) is 0 Å². The molecule has 1 aromatic rings. The monoisotopic (exact) mass is 289 g/mol. The van der Waals surface area contributed by atoms with Gasteiger partial charge in [-0.05, 0) is 35.8 Å². The Balaban J connectivity index is 2.29. The second-order valence-corrected chi connectivity index (χ2v) is 6.65. The Bertz CT molecular complexity index is 580. The van der Waals surface area contributed by atoms with Crippen LogP contribution < -0.4 is 5.73 Å². The van der Waals surface area contributed by atoms with E-state index in [0.29, 0.717) is 10.9 Å². The molecule has 4 heteroatoms. The van der Waals surface area contributed by atoms with Gasteiger partial charge in [0.05, 0.1) is 12.5 Å². The Hall–Kier alpha value is -1.60. The lowest BCUT2D eigenvalue weighted by Gasteiger charge is -2.14. The molecule has 20 heavy (non-hydrogen) atoms. The van der Waals surface area contributed by atoms with Crippen LogP contribution in [-0.4, -0.2) is 18.3 Å². The molecule has 1 aliphatic rings. The van der Waals surface area contributed by atoms with Crippen LogP contribution in [0.15, 0.2) is 18.2 Å². The molecule has 1 aliphatic carbocycles. The van der Waals surface area contributed by atoms with Crippen molar-refractivity contribution < 1.29 is 9.53 Å². The third-order valence-electron chi connectivity index (χ3n) is 3.41. The first kappa shape index (κ1) is 14.8. The molecule has 1 saturated carbocycles. The maximum absolute atomic E-state index is 11.9. The number of rotatable bonds is 3. The Morgan fingerprint density at radius 2 is 2.15 bits per heavy atom. The number of ether oxygens (including phenoxy) is 1. The molecule has 1 aromatic carbocycles. The second kappa shape index (κ2) is 5.80. The highest BCUT2D eigenvalue weighted by Gasteiger charge is 2.52. The third-order valence-corrected chi connectivity index (χ3v) is 4.10. The fraction of sp³-hybridized carbons (Fsp3) is 0.438. The Morgan fingerprint density at radius 3 is 2.70 bits per heavy atom. The van der Waals surface area contributed by atoms with Crippen molar-refractivity contribution in [2.75, 3.05) is 12.8 Å². The molecule has 0 aromatic heterocycles. The van der Waals surface area contributed by atoms with E-state index in [1.165, 1.54) is 7.11 Å². The van der Waals surface area contributed by atoms with Gasteiger partial charge in [0.1, 0.15) is 0 Å². The van der Waals surface area contributed by atoms with E-state index in [0.717, 1.165) is 24.0 Å². The molecule has 0 spiro atoms. The summed E-state index contributed by atoms with van der Waals surface area (Å²) in [6, 6.07) is 5.65. The summed E-state index contributed by atoms with van der Waals surface area (Å²) >= 11 is 1.57. The summed E-state index contributed by atoms with van der Waals surface area (Å²) in [6.45, 7) is 4.19. The third kappa shape index (κ3) is 2.94. The number of thioether (sulfide) groups is 1. The number of esters is 1. The first-order valence-electron chi connectivity index (χ1n) is 6.64. The summed E-state index contributed by atoms with van der Waals surface area (Å²) in [6.07, 6.45) is 1.66. The van der Waals surface area contributed by atoms with Gasteiger partial charge in [0.15, 0.2) is 0 Å². The lowest BCUT2D eigenvalue weighted by molar-refractivity contribution is -0.143. The van der Waals surface area contributed by atoms with Crippen LogP contribution in [-0.2, 0) is 14.9 Å². The van der Waals surface area contributed by atoms with E-state index in [4.69, 9.17) is 10.5 Å². The highest BCUT2D eigenvalue weighted by molar-refractivity contribution is 8.04. The number of hydrogen-bond acceptors (Lipinski definition) is 4. The molecule has 2 N–H and O–H groups in total. The van der Waals surface area contributed by atoms with Crippen LogP contribution in [0.1, 0.15) is 37.8 Å². The largest absolute Gasteiger partial charge is 0.468 e. The highest BCUT2D eigenvalue weighted by atomic mass is 32.2. The maximum Gasteiger partial charge on any atom is 0.316 e. The number of carbonyl (C=O) groups is 1. The summed E-state index contributed by atoms with van der Waals surface area (Å²) in [4.78, 5) is 11.9. The lowest BCUT2D eigenvalue weighted by Crippen LogP contribution is -2.22. The van der Waals surface area contributed by atoms with E-state index in [-0.39, 0.29) is 5.97 Å². The van der Waals surface area contributed by atoms with Crippen LogP contribution in [0, 0.1) is 11.2 Å². The van der Waals surface area contributed by atoms with Crippen LogP contribution >= 0.6 is 11.8 Å². The zero-order valence-corrected chi connectivity index (χ0v) is 12.8. The smallest absolute Gasteiger partial charge is 0.316 e. The molecule has 0 bridgehead atoms. The van der Waals surface area contributed by atoms with E-state index in [9.17, 15) is 4.79 Å². The SMILES string of the molecule is COC(=O)C1(c2ccc(N)c(C#CSC(C)C)c2)CC1. The second-order valence-electron chi connectivity index (χ2n) is 5.27. The first-order chi connectivity index (χ1) is 9.49. The molecule has 0 aliphatic heterocycles. The summed E-state index contributed by atoms with van der Waals surface area (Å²) in [5, 5.41) is 3.51. The van der Waals surface area contributed by atoms with Gasteiger partial charge in [-0.2, -0.15) is 0 Å². The lowest BCUT2D eigenvalue weighted by atomic mass is 9.94. The first-order valence-corrected chi connectivity index (χ1v) is 7.52. The summed E-state index contributed by atoms with van der Waals surface area (Å²) < 4.78 is 4.90. The van der Waals surface area contributed by atoms with Crippen molar-refractivity contribution >= 4 is 23.4 Å². The van der Waals surface area contributed by atoms with Gasteiger partial charge >= 0.3 is 5.97 Å². The van der Waals surface area contributed by atoms with Gasteiger partial charge in [-0.15, -0.1) is 0 Å². The zero-order chi connectivity index (χ0) is 14.8. The molecule has 1 fully saturated rings. The van der Waals surface area contributed by atoms with Gasteiger partial charge in [0.2, 0.25) is 0 Å².